The molecule has 1 amide bonds. The number of aryl methyl sites for hydroxylation is 1. The number of carbonyl (C=O) groups excluding carboxylic acids is 1. The minimum Gasteiger partial charge on any atom is -0.344 e. The summed E-state index contributed by atoms with van der Waals surface area (Å²) in [6.07, 6.45) is 0.998. The third-order valence-corrected chi connectivity index (χ3v) is 5.47. The number of hydrogen-bond donors (Lipinski definition) is 1. The molecule has 1 N–H and O–H groups in total. The van der Waals surface area contributed by atoms with Crippen LogP contribution in [0.1, 0.15) is 33.3 Å². The van der Waals surface area contributed by atoms with Gasteiger partial charge in [-0.15, -0.1) is 23.1 Å². The van der Waals surface area contributed by atoms with Gasteiger partial charge < -0.3 is 5.32 Å². The van der Waals surface area contributed by atoms with E-state index in [2.05, 4.69) is 23.5 Å². The zero-order valence-electron chi connectivity index (χ0n) is 10.7. The molecule has 0 radical (unpaired) electrons. The van der Waals surface area contributed by atoms with Crippen LogP contribution >= 0.6 is 23.1 Å². The van der Waals surface area contributed by atoms with E-state index in [9.17, 15) is 4.79 Å². The summed E-state index contributed by atoms with van der Waals surface area (Å²) in [5, 5.41) is 5.14. The number of benzene rings is 1. The number of nitrogens with one attached hydrogen (secondary N) is 1. The first-order valence-corrected chi connectivity index (χ1v) is 8.19. The number of thiophene rings is 1. The topological polar surface area (TPSA) is 29.1 Å². The zero-order chi connectivity index (χ0) is 13.2. The predicted molar refractivity (Wildman–Crippen MR) is 81.0 cm³/mol. The quantitative estimate of drug-likeness (QED) is 0.904. The highest BCUT2D eigenvalue weighted by molar-refractivity contribution is 7.99. The van der Waals surface area contributed by atoms with Crippen molar-refractivity contribution < 1.29 is 4.79 Å². The van der Waals surface area contributed by atoms with Crippen LogP contribution < -0.4 is 5.32 Å². The second-order valence-electron chi connectivity index (χ2n) is 4.63. The smallest absolute Gasteiger partial charge is 0.262 e. The van der Waals surface area contributed by atoms with Crippen molar-refractivity contribution in [1.82, 2.24) is 5.32 Å². The van der Waals surface area contributed by atoms with Gasteiger partial charge >= 0.3 is 0 Å². The summed E-state index contributed by atoms with van der Waals surface area (Å²) in [7, 11) is 0. The van der Waals surface area contributed by atoms with Gasteiger partial charge in [-0.2, -0.15) is 0 Å². The standard InChI is InChI=1S/C15H15NOS2/c1-10-6-8-19-14(10)15(17)16-12-7-9-18-13-5-3-2-4-11(12)13/h2-6,8,12H,7,9H2,1H3,(H,16,17). The molecular formula is C15H15NOS2. The van der Waals surface area contributed by atoms with Gasteiger partial charge in [0.15, 0.2) is 0 Å². The zero-order valence-corrected chi connectivity index (χ0v) is 12.3. The molecule has 0 saturated heterocycles. The molecule has 3 rings (SSSR count). The molecule has 1 unspecified atom stereocenters. The first-order valence-electron chi connectivity index (χ1n) is 6.32. The third kappa shape index (κ3) is 2.55. The van der Waals surface area contributed by atoms with Gasteiger partial charge in [0.05, 0.1) is 10.9 Å². The molecule has 98 valence electrons. The number of carbonyl (C=O) groups is 1. The van der Waals surface area contributed by atoms with E-state index in [0.29, 0.717) is 0 Å². The average molecular weight is 289 g/mol. The lowest BCUT2D eigenvalue weighted by Crippen LogP contribution is -2.30. The van der Waals surface area contributed by atoms with Gasteiger partial charge in [0, 0.05) is 10.6 Å². The lowest BCUT2D eigenvalue weighted by atomic mass is 10.0. The fourth-order valence-electron chi connectivity index (χ4n) is 2.32. The molecule has 0 spiro atoms. The SMILES string of the molecule is Cc1ccsc1C(=O)NC1CCSc2ccccc21. The van der Waals surface area contributed by atoms with Crippen molar-refractivity contribution in [2.75, 3.05) is 5.75 Å². The van der Waals surface area contributed by atoms with Crippen LogP contribution in [0.4, 0.5) is 0 Å². The highest BCUT2D eigenvalue weighted by Gasteiger charge is 2.23. The van der Waals surface area contributed by atoms with Crippen LogP contribution in [0.5, 0.6) is 0 Å². The molecule has 1 aromatic heterocycles. The Labute approximate surface area is 121 Å². The lowest BCUT2D eigenvalue weighted by Gasteiger charge is -2.25. The molecule has 1 aliphatic rings. The van der Waals surface area contributed by atoms with Crippen molar-refractivity contribution in [2.24, 2.45) is 0 Å². The minimum absolute atomic E-state index is 0.0548. The number of thioether (sulfide) groups is 1. The number of hydrogen-bond acceptors (Lipinski definition) is 3. The fraction of sp³-hybridized carbons (Fsp3) is 0.267. The van der Waals surface area contributed by atoms with E-state index in [0.717, 1.165) is 22.6 Å². The van der Waals surface area contributed by atoms with Gasteiger partial charge in [0.1, 0.15) is 0 Å². The molecule has 1 atom stereocenters. The monoisotopic (exact) mass is 289 g/mol. The molecule has 0 saturated carbocycles. The minimum atomic E-state index is 0.0548. The molecule has 2 aromatic rings. The maximum Gasteiger partial charge on any atom is 0.262 e. The van der Waals surface area contributed by atoms with Crippen molar-refractivity contribution in [1.29, 1.82) is 0 Å². The Kier molecular flexibility index (Phi) is 3.62. The van der Waals surface area contributed by atoms with E-state index >= 15 is 0 Å². The van der Waals surface area contributed by atoms with Gasteiger partial charge in [0.25, 0.3) is 5.91 Å². The van der Waals surface area contributed by atoms with E-state index in [1.807, 2.05) is 36.2 Å². The van der Waals surface area contributed by atoms with Crippen molar-refractivity contribution in [3.63, 3.8) is 0 Å². The Morgan fingerprint density at radius 2 is 2.16 bits per heavy atom. The van der Waals surface area contributed by atoms with Gasteiger partial charge in [-0.25, -0.2) is 0 Å². The fourth-order valence-corrected chi connectivity index (χ4v) is 4.27. The second kappa shape index (κ2) is 5.39. The second-order valence-corrected chi connectivity index (χ2v) is 6.69. The van der Waals surface area contributed by atoms with Crippen LogP contribution in [0.15, 0.2) is 40.6 Å². The lowest BCUT2D eigenvalue weighted by molar-refractivity contribution is 0.0938. The molecule has 0 aliphatic carbocycles. The summed E-state index contributed by atoms with van der Waals surface area (Å²) in [6, 6.07) is 10.5. The summed E-state index contributed by atoms with van der Waals surface area (Å²) in [5.41, 5.74) is 2.31. The van der Waals surface area contributed by atoms with Crippen LogP contribution in [0.25, 0.3) is 0 Å². The predicted octanol–water partition coefficient (Wildman–Crippen LogP) is 4.02. The van der Waals surface area contributed by atoms with Crippen LogP contribution in [0.3, 0.4) is 0 Å². The Morgan fingerprint density at radius 3 is 2.95 bits per heavy atom. The van der Waals surface area contributed by atoms with Crippen molar-refractivity contribution in [2.45, 2.75) is 24.3 Å². The van der Waals surface area contributed by atoms with Gasteiger partial charge in [-0.1, -0.05) is 18.2 Å². The van der Waals surface area contributed by atoms with E-state index < -0.39 is 0 Å². The first-order chi connectivity index (χ1) is 9.25. The average Bonchev–Trinajstić information content (AvgIpc) is 2.85. The van der Waals surface area contributed by atoms with E-state index in [1.165, 1.54) is 21.8 Å². The van der Waals surface area contributed by atoms with Crippen LogP contribution in [-0.2, 0) is 0 Å². The summed E-state index contributed by atoms with van der Waals surface area (Å²) in [6.45, 7) is 1.98. The Morgan fingerprint density at radius 1 is 1.32 bits per heavy atom. The van der Waals surface area contributed by atoms with Crippen LogP contribution in [0.2, 0.25) is 0 Å². The Balaban J connectivity index is 1.82. The third-order valence-electron chi connectivity index (χ3n) is 3.33. The van der Waals surface area contributed by atoms with Crippen LogP contribution in [-0.4, -0.2) is 11.7 Å². The van der Waals surface area contributed by atoms with E-state index in [1.54, 1.807) is 0 Å². The number of amides is 1. The number of fused-ring (bicyclic) bond motifs is 1. The molecule has 2 nitrogen and oxygen atoms in total. The highest BCUT2D eigenvalue weighted by atomic mass is 32.2. The highest BCUT2D eigenvalue weighted by Crippen LogP contribution is 2.36. The molecule has 0 fully saturated rings. The maximum atomic E-state index is 12.3. The summed E-state index contributed by atoms with van der Waals surface area (Å²) < 4.78 is 0. The van der Waals surface area contributed by atoms with Crippen molar-refractivity contribution >= 4 is 29.0 Å². The summed E-state index contributed by atoms with van der Waals surface area (Å²) in [5.74, 6) is 1.12. The molecule has 4 heteroatoms. The molecule has 1 aromatic carbocycles. The molecular weight excluding hydrogens is 274 g/mol. The van der Waals surface area contributed by atoms with Crippen molar-refractivity contribution in [3.05, 3.63) is 51.7 Å². The summed E-state index contributed by atoms with van der Waals surface area (Å²) in [4.78, 5) is 14.4. The molecule has 2 heterocycles. The van der Waals surface area contributed by atoms with Crippen LogP contribution in [0, 0.1) is 6.92 Å². The largest absolute Gasteiger partial charge is 0.344 e. The Bertz CT molecular complexity index is 606. The summed E-state index contributed by atoms with van der Waals surface area (Å²) >= 11 is 3.38. The van der Waals surface area contributed by atoms with E-state index in [-0.39, 0.29) is 11.9 Å². The van der Waals surface area contributed by atoms with Crippen molar-refractivity contribution in [3.8, 4) is 0 Å². The van der Waals surface area contributed by atoms with Gasteiger partial charge in [0.2, 0.25) is 0 Å². The van der Waals surface area contributed by atoms with Gasteiger partial charge in [-0.3, -0.25) is 4.79 Å². The molecule has 19 heavy (non-hydrogen) atoms. The maximum absolute atomic E-state index is 12.3. The Hall–Kier alpha value is -1.26. The van der Waals surface area contributed by atoms with E-state index in [4.69, 9.17) is 0 Å². The first kappa shape index (κ1) is 12.8. The number of rotatable bonds is 2. The normalized spacial score (nSPS) is 17.8. The van der Waals surface area contributed by atoms with Gasteiger partial charge in [-0.05, 0) is 42.0 Å². The molecule has 0 bridgehead atoms. The molecule has 1 aliphatic heterocycles.